The van der Waals surface area contributed by atoms with Gasteiger partial charge in [0.05, 0.1) is 12.8 Å². The first-order valence-electron chi connectivity index (χ1n) is 14.4. The molecule has 1 heterocycles. The molecule has 0 spiro atoms. The van der Waals surface area contributed by atoms with Gasteiger partial charge >= 0.3 is 0 Å². The first kappa shape index (κ1) is 29.3. The molecule has 0 saturated heterocycles. The Hall–Kier alpha value is -4.79. The van der Waals surface area contributed by atoms with E-state index in [-0.39, 0.29) is 5.91 Å². The molecule has 0 aliphatic heterocycles. The van der Waals surface area contributed by atoms with E-state index in [1.807, 2.05) is 84.9 Å². The smallest absolute Gasteiger partial charge is 0.242 e. The van der Waals surface area contributed by atoms with Gasteiger partial charge in [-0.05, 0) is 79.3 Å². The van der Waals surface area contributed by atoms with Crippen LogP contribution in [0.5, 0.6) is 5.75 Å². The van der Waals surface area contributed by atoms with Crippen molar-refractivity contribution in [2.45, 2.75) is 23.6 Å². The lowest BCUT2D eigenvalue weighted by Gasteiger charge is -2.18. The number of thiocarbonyl (C=S) groups is 1. The fraction of sp³-hybridized carbons (Fsp3) is 0.111. The Kier molecular flexibility index (Phi) is 8.81. The van der Waals surface area contributed by atoms with Crippen molar-refractivity contribution in [1.82, 2.24) is 4.57 Å². The number of nitrogens with one attached hydrogen (secondary N) is 3. The van der Waals surface area contributed by atoms with E-state index >= 15 is 0 Å². The van der Waals surface area contributed by atoms with Gasteiger partial charge in [0.15, 0.2) is 5.11 Å². The second kappa shape index (κ2) is 13.2. The van der Waals surface area contributed by atoms with Gasteiger partial charge in [-0.1, -0.05) is 66.7 Å². The van der Waals surface area contributed by atoms with Gasteiger partial charge in [0.2, 0.25) is 5.91 Å². The third kappa shape index (κ3) is 6.27. The van der Waals surface area contributed by atoms with E-state index < -0.39 is 5.25 Å². The van der Waals surface area contributed by atoms with Crippen LogP contribution in [0.2, 0.25) is 0 Å². The molecule has 3 N–H and O–H groups in total. The molecule has 1 amide bonds. The van der Waals surface area contributed by atoms with E-state index in [9.17, 15) is 4.79 Å². The summed E-state index contributed by atoms with van der Waals surface area (Å²) in [7, 11) is 1.63. The summed E-state index contributed by atoms with van der Waals surface area (Å²) in [5.41, 5.74) is 5.63. The third-order valence-corrected chi connectivity index (χ3v) is 8.85. The number of anilines is 3. The Bertz CT molecular complexity index is 1960. The van der Waals surface area contributed by atoms with Gasteiger partial charge in [0.1, 0.15) is 11.0 Å². The SMILES string of the molecule is CCn1c2ccccc2c2cc(NC(=O)C(Sc3cccc(NC(=S)Nc4ccccc4OC)c3)c3ccccc3)ccc21. The van der Waals surface area contributed by atoms with Gasteiger partial charge in [-0.2, -0.15) is 0 Å². The van der Waals surface area contributed by atoms with E-state index in [0.717, 1.165) is 45.0 Å². The molecule has 1 atom stereocenters. The molecule has 6 nitrogen and oxygen atoms in total. The Morgan fingerprint density at radius 3 is 2.32 bits per heavy atom. The number of amides is 1. The van der Waals surface area contributed by atoms with Crippen molar-refractivity contribution in [3.63, 3.8) is 0 Å². The number of carbonyl (C=O) groups is 1. The number of hydrogen-bond acceptors (Lipinski definition) is 4. The van der Waals surface area contributed by atoms with Gasteiger partial charge < -0.3 is 25.3 Å². The molecule has 0 saturated carbocycles. The van der Waals surface area contributed by atoms with E-state index in [2.05, 4.69) is 63.8 Å². The number of aryl methyl sites for hydroxylation is 1. The maximum absolute atomic E-state index is 13.9. The summed E-state index contributed by atoms with van der Waals surface area (Å²) in [5, 5.41) is 11.9. The molecule has 0 aliphatic rings. The highest BCUT2D eigenvalue weighted by atomic mass is 32.2. The van der Waals surface area contributed by atoms with Gasteiger partial charge in [0.25, 0.3) is 0 Å². The lowest BCUT2D eigenvalue weighted by Crippen LogP contribution is -2.20. The largest absolute Gasteiger partial charge is 0.495 e. The lowest BCUT2D eigenvalue weighted by atomic mass is 10.1. The average Bonchev–Trinajstić information content (AvgIpc) is 3.37. The number of carbonyl (C=O) groups excluding carboxylic acids is 1. The molecule has 5 aromatic carbocycles. The number of rotatable bonds is 9. The summed E-state index contributed by atoms with van der Waals surface area (Å²) < 4.78 is 7.72. The Balaban J connectivity index is 1.23. The molecule has 0 fully saturated rings. The van der Waals surface area contributed by atoms with Crippen LogP contribution in [-0.2, 0) is 11.3 Å². The number of ether oxygens (including phenoxy) is 1. The number of nitrogens with zero attached hydrogens (tertiary/aromatic N) is 1. The van der Waals surface area contributed by atoms with E-state index in [0.29, 0.717) is 10.9 Å². The third-order valence-electron chi connectivity index (χ3n) is 7.40. The fourth-order valence-electron chi connectivity index (χ4n) is 5.40. The number of aromatic nitrogens is 1. The number of benzene rings is 5. The van der Waals surface area contributed by atoms with Crippen molar-refractivity contribution < 1.29 is 9.53 Å². The predicted octanol–water partition coefficient (Wildman–Crippen LogP) is 9.10. The predicted molar refractivity (Wildman–Crippen MR) is 188 cm³/mol. The van der Waals surface area contributed by atoms with Crippen molar-refractivity contribution >= 4 is 73.9 Å². The van der Waals surface area contributed by atoms with Crippen molar-refractivity contribution in [2.75, 3.05) is 23.1 Å². The zero-order chi connectivity index (χ0) is 30.5. The average molecular weight is 617 g/mol. The molecule has 6 rings (SSSR count). The van der Waals surface area contributed by atoms with Crippen molar-refractivity contribution in [1.29, 1.82) is 0 Å². The van der Waals surface area contributed by atoms with Crippen LogP contribution >= 0.6 is 24.0 Å². The van der Waals surface area contributed by atoms with Crippen LogP contribution in [-0.4, -0.2) is 22.7 Å². The molecule has 1 aromatic heterocycles. The maximum atomic E-state index is 13.9. The molecule has 0 aliphatic carbocycles. The van der Waals surface area contributed by atoms with Crippen LogP contribution < -0.4 is 20.7 Å². The minimum Gasteiger partial charge on any atom is -0.495 e. The van der Waals surface area contributed by atoms with E-state index in [1.165, 1.54) is 22.7 Å². The lowest BCUT2D eigenvalue weighted by molar-refractivity contribution is -0.115. The van der Waals surface area contributed by atoms with Gasteiger partial charge in [-0.15, -0.1) is 11.8 Å². The van der Waals surface area contributed by atoms with Gasteiger partial charge in [-0.25, -0.2) is 0 Å². The molecule has 0 radical (unpaired) electrons. The van der Waals surface area contributed by atoms with Crippen LogP contribution in [0.4, 0.5) is 17.1 Å². The van der Waals surface area contributed by atoms with Crippen LogP contribution in [0.1, 0.15) is 17.7 Å². The standard InChI is InChI=1S/C36H32N4O2S2/c1-3-40-31-18-9-7-16-28(31)29-23-26(20-21-32(29)40)37-35(41)34(24-12-5-4-6-13-24)44-27-15-11-14-25(22-27)38-36(43)39-30-17-8-10-19-33(30)42-2/h4-23,34H,3H2,1-2H3,(H,37,41)(H2,38,39,43). The summed E-state index contributed by atoms with van der Waals surface area (Å²) in [5.74, 6) is 0.611. The number of para-hydroxylation sites is 3. The van der Waals surface area contributed by atoms with Crippen molar-refractivity contribution in [3.8, 4) is 5.75 Å². The second-order valence-electron chi connectivity index (χ2n) is 10.2. The number of thioether (sulfide) groups is 1. The topological polar surface area (TPSA) is 67.3 Å². The molecule has 8 heteroatoms. The highest BCUT2D eigenvalue weighted by Crippen LogP contribution is 2.38. The minimum absolute atomic E-state index is 0.0912. The first-order valence-corrected chi connectivity index (χ1v) is 15.7. The summed E-state index contributed by atoms with van der Waals surface area (Å²) in [6.45, 7) is 3.02. The maximum Gasteiger partial charge on any atom is 0.242 e. The van der Waals surface area contributed by atoms with Crippen LogP contribution in [0, 0.1) is 0 Å². The van der Waals surface area contributed by atoms with Crippen molar-refractivity contribution in [3.05, 3.63) is 127 Å². The van der Waals surface area contributed by atoms with Gasteiger partial charge in [-0.3, -0.25) is 4.79 Å². The minimum atomic E-state index is -0.474. The van der Waals surface area contributed by atoms with Crippen LogP contribution in [0.3, 0.4) is 0 Å². The molecule has 220 valence electrons. The quantitative estimate of drug-likeness (QED) is 0.111. The Morgan fingerprint density at radius 2 is 1.50 bits per heavy atom. The normalized spacial score (nSPS) is 11.7. The second-order valence-corrected chi connectivity index (χ2v) is 11.8. The summed E-state index contributed by atoms with van der Waals surface area (Å²) >= 11 is 7.06. The molecule has 44 heavy (non-hydrogen) atoms. The highest BCUT2D eigenvalue weighted by Gasteiger charge is 2.23. The number of hydrogen-bond donors (Lipinski definition) is 3. The number of fused-ring (bicyclic) bond motifs is 3. The molecule has 0 bridgehead atoms. The molecule has 1 unspecified atom stereocenters. The van der Waals surface area contributed by atoms with Gasteiger partial charge in [0, 0.05) is 44.6 Å². The van der Waals surface area contributed by atoms with Crippen LogP contribution in [0.25, 0.3) is 21.8 Å². The Labute approximate surface area is 266 Å². The number of methoxy groups -OCH3 is 1. The monoisotopic (exact) mass is 616 g/mol. The summed E-state index contributed by atoms with van der Waals surface area (Å²) in [6.07, 6.45) is 0. The zero-order valence-corrected chi connectivity index (χ0v) is 26.0. The Morgan fingerprint density at radius 1 is 0.773 bits per heavy atom. The van der Waals surface area contributed by atoms with E-state index in [4.69, 9.17) is 17.0 Å². The first-order chi connectivity index (χ1) is 21.5. The highest BCUT2D eigenvalue weighted by molar-refractivity contribution is 8.00. The molecular weight excluding hydrogens is 585 g/mol. The molecular formula is C36H32N4O2S2. The van der Waals surface area contributed by atoms with Crippen LogP contribution in [0.15, 0.2) is 126 Å². The summed E-state index contributed by atoms with van der Waals surface area (Å²) in [6, 6.07) is 39.9. The molecule has 6 aromatic rings. The van der Waals surface area contributed by atoms with E-state index in [1.54, 1.807) is 7.11 Å². The zero-order valence-electron chi connectivity index (χ0n) is 24.4. The fourth-order valence-corrected chi connectivity index (χ4v) is 6.71. The summed E-state index contributed by atoms with van der Waals surface area (Å²) in [4.78, 5) is 14.8. The van der Waals surface area contributed by atoms with Crippen molar-refractivity contribution in [2.24, 2.45) is 0 Å².